The largest absolute Gasteiger partial charge is 0.480 e. The molecule has 0 saturated heterocycles. The van der Waals surface area contributed by atoms with Gasteiger partial charge in [0.15, 0.2) is 0 Å². The van der Waals surface area contributed by atoms with Crippen molar-refractivity contribution in [2.24, 2.45) is 5.73 Å². The molecule has 88 valence electrons. The molecule has 1 unspecified atom stereocenters. The highest BCUT2D eigenvalue weighted by Crippen LogP contribution is 2.14. The molecule has 5 heteroatoms. The second-order valence-corrected chi connectivity index (χ2v) is 3.76. The number of hydrogen-bond donors (Lipinski definition) is 2. The molecule has 0 fully saturated rings. The van der Waals surface area contributed by atoms with Crippen molar-refractivity contribution in [3.8, 4) is 0 Å². The van der Waals surface area contributed by atoms with Gasteiger partial charge >= 0.3 is 5.97 Å². The first-order valence-corrected chi connectivity index (χ1v) is 5.19. The van der Waals surface area contributed by atoms with Gasteiger partial charge in [-0.25, -0.2) is 0 Å². The first kappa shape index (κ1) is 12.4. The number of unbranched alkanes of at least 4 members (excludes halogenated alkanes) is 1. The van der Waals surface area contributed by atoms with Crippen molar-refractivity contribution in [1.29, 1.82) is 0 Å². The van der Waals surface area contributed by atoms with E-state index in [1.54, 1.807) is 11.0 Å². The molecule has 5 nitrogen and oxygen atoms in total. The third-order valence-corrected chi connectivity index (χ3v) is 2.50. The fraction of sp³-hybridized carbons (Fsp3) is 0.455. The smallest absolute Gasteiger partial charge is 0.320 e. The third kappa shape index (κ3) is 3.20. The van der Waals surface area contributed by atoms with Gasteiger partial charge in [-0.2, -0.15) is 0 Å². The Balaban J connectivity index is 2.19. The molecule has 1 heterocycles. The molecule has 16 heavy (non-hydrogen) atoms. The summed E-state index contributed by atoms with van der Waals surface area (Å²) in [6, 6.07) is -0.810. The summed E-state index contributed by atoms with van der Waals surface area (Å²) in [5.74, 6) is -1.05. The normalized spacial score (nSPS) is 16.9. The van der Waals surface area contributed by atoms with Crippen LogP contribution in [0.1, 0.15) is 19.3 Å². The molecule has 1 rings (SSSR count). The Labute approximate surface area is 94.2 Å². The SMILES string of the molecule is C=C1C=CC(=O)N1CCCCC(N)C(=O)O. The molecule has 0 aliphatic carbocycles. The summed E-state index contributed by atoms with van der Waals surface area (Å²) in [7, 11) is 0. The number of nitrogens with zero attached hydrogens (tertiary/aromatic N) is 1. The molecule has 1 atom stereocenters. The predicted octanol–water partition coefficient (Wildman–Crippen LogP) is 0.481. The average Bonchev–Trinajstić information content (AvgIpc) is 2.54. The number of carbonyl (C=O) groups is 2. The highest BCUT2D eigenvalue weighted by molar-refractivity contribution is 5.92. The van der Waals surface area contributed by atoms with Gasteiger partial charge in [-0.1, -0.05) is 6.58 Å². The summed E-state index contributed by atoms with van der Waals surface area (Å²) in [5.41, 5.74) is 6.04. The number of allylic oxidation sites excluding steroid dienone is 1. The van der Waals surface area contributed by atoms with Crippen molar-refractivity contribution >= 4 is 11.9 Å². The van der Waals surface area contributed by atoms with E-state index in [0.29, 0.717) is 25.1 Å². The third-order valence-electron chi connectivity index (χ3n) is 2.50. The molecular weight excluding hydrogens is 208 g/mol. The average molecular weight is 224 g/mol. The number of aliphatic carboxylic acids is 1. The molecular formula is C11H16N2O3. The standard InChI is InChI=1S/C11H16N2O3/c1-8-5-6-10(14)13(8)7-3-2-4-9(12)11(15)16/h5-6,9H,1-4,7,12H2,(H,15,16). The highest BCUT2D eigenvalue weighted by Gasteiger charge is 2.18. The zero-order valence-corrected chi connectivity index (χ0v) is 9.06. The summed E-state index contributed by atoms with van der Waals surface area (Å²) in [4.78, 5) is 23.3. The molecule has 3 N–H and O–H groups in total. The van der Waals surface area contributed by atoms with Crippen LogP contribution in [-0.2, 0) is 9.59 Å². The molecule has 1 amide bonds. The summed E-state index contributed by atoms with van der Waals surface area (Å²) >= 11 is 0. The van der Waals surface area contributed by atoms with Crippen LogP contribution in [0.3, 0.4) is 0 Å². The molecule has 0 saturated carbocycles. The van der Waals surface area contributed by atoms with Crippen molar-refractivity contribution in [3.05, 3.63) is 24.4 Å². The lowest BCUT2D eigenvalue weighted by atomic mass is 10.1. The lowest BCUT2D eigenvalue weighted by molar-refractivity contribution is -0.138. The molecule has 0 spiro atoms. The Kier molecular flexibility index (Phi) is 4.25. The number of carboxylic acid groups (broad SMARTS) is 1. The summed E-state index contributed by atoms with van der Waals surface area (Å²) in [6.07, 6.45) is 4.99. The van der Waals surface area contributed by atoms with Gasteiger partial charge in [0.1, 0.15) is 6.04 Å². The van der Waals surface area contributed by atoms with Crippen LogP contribution in [0.2, 0.25) is 0 Å². The minimum absolute atomic E-state index is 0.0625. The molecule has 0 aromatic heterocycles. The van der Waals surface area contributed by atoms with E-state index < -0.39 is 12.0 Å². The fourth-order valence-corrected chi connectivity index (χ4v) is 1.50. The van der Waals surface area contributed by atoms with Gasteiger partial charge in [-0.3, -0.25) is 9.59 Å². The first-order chi connectivity index (χ1) is 7.52. The minimum Gasteiger partial charge on any atom is -0.480 e. The summed E-state index contributed by atoms with van der Waals surface area (Å²) < 4.78 is 0. The van der Waals surface area contributed by atoms with Crippen LogP contribution in [0.5, 0.6) is 0 Å². The van der Waals surface area contributed by atoms with Crippen LogP contribution in [0, 0.1) is 0 Å². The topological polar surface area (TPSA) is 83.6 Å². The maximum absolute atomic E-state index is 11.3. The number of amides is 1. The lowest BCUT2D eigenvalue weighted by Crippen LogP contribution is -2.30. The Morgan fingerprint density at radius 1 is 1.50 bits per heavy atom. The fourth-order valence-electron chi connectivity index (χ4n) is 1.50. The van der Waals surface area contributed by atoms with Crippen LogP contribution in [0.15, 0.2) is 24.4 Å². The quantitative estimate of drug-likeness (QED) is 0.643. The zero-order chi connectivity index (χ0) is 12.1. The lowest BCUT2D eigenvalue weighted by Gasteiger charge is -2.17. The Morgan fingerprint density at radius 3 is 2.69 bits per heavy atom. The molecule has 0 aromatic carbocycles. The van der Waals surface area contributed by atoms with E-state index in [-0.39, 0.29) is 5.91 Å². The van der Waals surface area contributed by atoms with Crippen molar-refractivity contribution in [2.45, 2.75) is 25.3 Å². The maximum Gasteiger partial charge on any atom is 0.320 e. The first-order valence-electron chi connectivity index (χ1n) is 5.19. The van der Waals surface area contributed by atoms with E-state index in [2.05, 4.69) is 6.58 Å². The second-order valence-electron chi connectivity index (χ2n) is 3.76. The molecule has 0 aromatic rings. The van der Waals surface area contributed by atoms with Crippen LogP contribution in [-0.4, -0.2) is 34.5 Å². The zero-order valence-electron chi connectivity index (χ0n) is 9.06. The van der Waals surface area contributed by atoms with Gasteiger partial charge in [0, 0.05) is 18.3 Å². The molecule has 1 aliphatic heterocycles. The van der Waals surface area contributed by atoms with E-state index in [4.69, 9.17) is 10.8 Å². The minimum atomic E-state index is -0.983. The van der Waals surface area contributed by atoms with Gasteiger partial charge < -0.3 is 15.7 Å². The van der Waals surface area contributed by atoms with Crippen molar-refractivity contribution in [1.82, 2.24) is 4.90 Å². The molecule has 0 bridgehead atoms. The van der Waals surface area contributed by atoms with Gasteiger partial charge in [0.25, 0.3) is 5.91 Å². The van der Waals surface area contributed by atoms with Gasteiger partial charge in [-0.15, -0.1) is 0 Å². The Morgan fingerprint density at radius 2 is 2.19 bits per heavy atom. The Bertz CT molecular complexity index is 318. The number of hydrogen-bond acceptors (Lipinski definition) is 3. The van der Waals surface area contributed by atoms with Crippen molar-refractivity contribution in [3.63, 3.8) is 0 Å². The van der Waals surface area contributed by atoms with Crippen molar-refractivity contribution < 1.29 is 14.7 Å². The Hall–Kier alpha value is -1.62. The van der Waals surface area contributed by atoms with Crippen LogP contribution >= 0.6 is 0 Å². The second kappa shape index (κ2) is 5.46. The number of nitrogens with two attached hydrogens (primary N) is 1. The number of carboxylic acids is 1. The highest BCUT2D eigenvalue weighted by atomic mass is 16.4. The van der Waals surface area contributed by atoms with Crippen LogP contribution in [0.25, 0.3) is 0 Å². The maximum atomic E-state index is 11.3. The molecule has 0 radical (unpaired) electrons. The molecule has 1 aliphatic rings. The predicted molar refractivity (Wildman–Crippen MR) is 59.5 cm³/mol. The van der Waals surface area contributed by atoms with Crippen LogP contribution < -0.4 is 5.73 Å². The van der Waals surface area contributed by atoms with Gasteiger partial charge in [0.2, 0.25) is 0 Å². The van der Waals surface area contributed by atoms with Crippen LogP contribution in [0.4, 0.5) is 0 Å². The van der Waals surface area contributed by atoms with E-state index in [0.717, 1.165) is 6.42 Å². The van der Waals surface area contributed by atoms with E-state index in [9.17, 15) is 9.59 Å². The van der Waals surface area contributed by atoms with E-state index in [1.165, 1.54) is 6.08 Å². The number of carbonyl (C=O) groups excluding carboxylic acids is 1. The number of rotatable bonds is 6. The van der Waals surface area contributed by atoms with Gasteiger partial charge in [0.05, 0.1) is 0 Å². The van der Waals surface area contributed by atoms with E-state index >= 15 is 0 Å². The monoisotopic (exact) mass is 224 g/mol. The summed E-state index contributed by atoms with van der Waals surface area (Å²) in [6.45, 7) is 4.29. The van der Waals surface area contributed by atoms with E-state index in [1.807, 2.05) is 0 Å². The summed E-state index contributed by atoms with van der Waals surface area (Å²) in [5, 5.41) is 8.56. The van der Waals surface area contributed by atoms with Gasteiger partial charge in [-0.05, 0) is 25.3 Å². The van der Waals surface area contributed by atoms with Crippen molar-refractivity contribution in [2.75, 3.05) is 6.54 Å².